The Morgan fingerprint density at radius 1 is 1.17 bits per heavy atom. The molecule has 23 heavy (non-hydrogen) atoms. The standard InChI is InChI=1S/C19H20N2O2/c1-3-18(16-8-4-14(2)5-9-16)21-19(22)13-23-17-10-6-15(12-20)7-11-17/h4-11,18H,3,13H2,1-2H3,(H,21,22)/t18-/m1/s1. The van der Waals surface area contributed by atoms with E-state index >= 15 is 0 Å². The van der Waals surface area contributed by atoms with Gasteiger partial charge in [0.25, 0.3) is 5.91 Å². The summed E-state index contributed by atoms with van der Waals surface area (Å²) in [7, 11) is 0. The summed E-state index contributed by atoms with van der Waals surface area (Å²) in [6.45, 7) is 4.02. The molecule has 0 aliphatic heterocycles. The van der Waals surface area contributed by atoms with E-state index in [1.54, 1.807) is 24.3 Å². The van der Waals surface area contributed by atoms with Gasteiger partial charge >= 0.3 is 0 Å². The Balaban J connectivity index is 1.89. The number of nitrogens with zero attached hydrogens (tertiary/aromatic N) is 1. The van der Waals surface area contributed by atoms with E-state index in [4.69, 9.17) is 10.00 Å². The molecule has 2 aromatic carbocycles. The van der Waals surface area contributed by atoms with Crippen LogP contribution in [0, 0.1) is 18.3 Å². The fourth-order valence-electron chi connectivity index (χ4n) is 2.23. The van der Waals surface area contributed by atoms with Gasteiger partial charge in [-0.25, -0.2) is 0 Å². The normalized spacial score (nSPS) is 11.3. The van der Waals surface area contributed by atoms with E-state index in [1.807, 2.05) is 44.2 Å². The Hall–Kier alpha value is -2.80. The lowest BCUT2D eigenvalue weighted by Gasteiger charge is -2.18. The van der Waals surface area contributed by atoms with E-state index in [0.29, 0.717) is 11.3 Å². The number of nitrogens with one attached hydrogen (secondary N) is 1. The molecular weight excluding hydrogens is 288 g/mol. The Morgan fingerprint density at radius 3 is 2.39 bits per heavy atom. The zero-order chi connectivity index (χ0) is 16.7. The molecule has 0 saturated heterocycles. The van der Waals surface area contributed by atoms with Crippen LogP contribution < -0.4 is 10.1 Å². The van der Waals surface area contributed by atoms with Gasteiger partial charge in [0.15, 0.2) is 6.61 Å². The summed E-state index contributed by atoms with van der Waals surface area (Å²) in [4.78, 5) is 12.1. The summed E-state index contributed by atoms with van der Waals surface area (Å²) in [5.41, 5.74) is 2.84. The molecule has 1 atom stereocenters. The Bertz CT molecular complexity index is 685. The highest BCUT2D eigenvalue weighted by molar-refractivity contribution is 5.78. The van der Waals surface area contributed by atoms with Crippen molar-refractivity contribution in [3.63, 3.8) is 0 Å². The number of benzene rings is 2. The molecule has 2 rings (SSSR count). The summed E-state index contributed by atoms with van der Waals surface area (Å²) < 4.78 is 5.45. The first-order valence-electron chi connectivity index (χ1n) is 7.61. The van der Waals surface area contributed by atoms with E-state index in [2.05, 4.69) is 5.32 Å². The van der Waals surface area contributed by atoms with Crippen molar-refractivity contribution in [1.29, 1.82) is 5.26 Å². The summed E-state index contributed by atoms with van der Waals surface area (Å²) in [5.74, 6) is 0.407. The van der Waals surface area contributed by atoms with Crippen molar-refractivity contribution in [3.05, 3.63) is 65.2 Å². The van der Waals surface area contributed by atoms with Gasteiger partial charge in [0.1, 0.15) is 5.75 Å². The Labute approximate surface area is 136 Å². The molecule has 0 aliphatic rings. The van der Waals surface area contributed by atoms with Gasteiger partial charge in [0.2, 0.25) is 0 Å². The number of rotatable bonds is 6. The predicted molar refractivity (Wildman–Crippen MR) is 89.0 cm³/mol. The number of nitriles is 1. The van der Waals surface area contributed by atoms with E-state index in [9.17, 15) is 4.79 Å². The number of carbonyl (C=O) groups is 1. The number of aryl methyl sites for hydroxylation is 1. The quantitative estimate of drug-likeness (QED) is 0.888. The second kappa shape index (κ2) is 8.00. The van der Waals surface area contributed by atoms with Crippen LogP contribution in [0.3, 0.4) is 0 Å². The third kappa shape index (κ3) is 4.86. The monoisotopic (exact) mass is 308 g/mol. The number of ether oxygens (including phenoxy) is 1. The largest absolute Gasteiger partial charge is 0.484 e. The zero-order valence-corrected chi connectivity index (χ0v) is 13.4. The summed E-state index contributed by atoms with van der Waals surface area (Å²) in [6.07, 6.45) is 0.811. The minimum absolute atomic E-state index is 0.0207. The summed E-state index contributed by atoms with van der Waals surface area (Å²) in [6, 6.07) is 16.9. The first-order valence-corrected chi connectivity index (χ1v) is 7.61. The minimum atomic E-state index is -0.165. The maximum Gasteiger partial charge on any atom is 0.258 e. The highest BCUT2D eigenvalue weighted by Gasteiger charge is 2.13. The van der Waals surface area contributed by atoms with Gasteiger partial charge in [0.05, 0.1) is 17.7 Å². The zero-order valence-electron chi connectivity index (χ0n) is 13.4. The first-order chi connectivity index (χ1) is 11.1. The van der Waals surface area contributed by atoms with Crippen molar-refractivity contribution < 1.29 is 9.53 Å². The molecule has 0 aromatic heterocycles. The average Bonchev–Trinajstić information content (AvgIpc) is 2.59. The van der Waals surface area contributed by atoms with Gasteiger partial charge in [-0.3, -0.25) is 4.79 Å². The van der Waals surface area contributed by atoms with Crippen molar-refractivity contribution in [2.45, 2.75) is 26.3 Å². The van der Waals surface area contributed by atoms with Crippen LogP contribution in [0.1, 0.15) is 36.1 Å². The van der Waals surface area contributed by atoms with Gasteiger partial charge in [0, 0.05) is 0 Å². The molecule has 0 heterocycles. The molecule has 0 bridgehead atoms. The van der Waals surface area contributed by atoms with Crippen molar-refractivity contribution in [1.82, 2.24) is 5.32 Å². The molecule has 4 heteroatoms. The highest BCUT2D eigenvalue weighted by atomic mass is 16.5. The van der Waals surface area contributed by atoms with Crippen LogP contribution >= 0.6 is 0 Å². The lowest BCUT2D eigenvalue weighted by molar-refractivity contribution is -0.123. The van der Waals surface area contributed by atoms with E-state index in [1.165, 1.54) is 5.56 Å². The van der Waals surface area contributed by atoms with Gasteiger partial charge in [-0.1, -0.05) is 36.8 Å². The SMILES string of the molecule is CC[C@@H](NC(=O)COc1ccc(C#N)cc1)c1ccc(C)cc1. The van der Waals surface area contributed by atoms with Crippen LogP contribution in [0.5, 0.6) is 5.75 Å². The maximum atomic E-state index is 12.1. The lowest BCUT2D eigenvalue weighted by Crippen LogP contribution is -2.32. The number of hydrogen-bond acceptors (Lipinski definition) is 3. The van der Waals surface area contributed by atoms with E-state index in [0.717, 1.165) is 12.0 Å². The molecule has 0 fully saturated rings. The maximum absolute atomic E-state index is 12.1. The molecule has 0 spiro atoms. The van der Waals surface area contributed by atoms with E-state index < -0.39 is 0 Å². The van der Waals surface area contributed by atoms with Gasteiger partial charge in [-0.2, -0.15) is 5.26 Å². The van der Waals surface area contributed by atoms with Crippen molar-refractivity contribution in [2.75, 3.05) is 6.61 Å². The second-order valence-corrected chi connectivity index (χ2v) is 5.36. The van der Waals surface area contributed by atoms with Crippen molar-refractivity contribution in [3.8, 4) is 11.8 Å². The van der Waals surface area contributed by atoms with Crippen LogP contribution in [0.25, 0.3) is 0 Å². The van der Waals surface area contributed by atoms with Crippen molar-refractivity contribution >= 4 is 5.91 Å². The number of amides is 1. The predicted octanol–water partition coefficient (Wildman–Crippen LogP) is 3.51. The second-order valence-electron chi connectivity index (χ2n) is 5.36. The Morgan fingerprint density at radius 2 is 1.83 bits per heavy atom. The third-order valence-corrected chi connectivity index (χ3v) is 3.58. The lowest BCUT2D eigenvalue weighted by atomic mass is 10.0. The van der Waals surface area contributed by atoms with Gasteiger partial charge in [-0.05, 0) is 43.2 Å². The molecule has 1 N–H and O–H groups in total. The molecule has 1 amide bonds. The number of hydrogen-bond donors (Lipinski definition) is 1. The van der Waals surface area contributed by atoms with Crippen LogP contribution in [-0.4, -0.2) is 12.5 Å². The van der Waals surface area contributed by atoms with Crippen molar-refractivity contribution in [2.24, 2.45) is 0 Å². The summed E-state index contributed by atoms with van der Waals surface area (Å²) >= 11 is 0. The third-order valence-electron chi connectivity index (χ3n) is 3.58. The molecule has 0 saturated carbocycles. The fourth-order valence-corrected chi connectivity index (χ4v) is 2.23. The van der Waals surface area contributed by atoms with Crippen LogP contribution in [-0.2, 0) is 4.79 Å². The van der Waals surface area contributed by atoms with Crippen LogP contribution in [0.4, 0.5) is 0 Å². The van der Waals surface area contributed by atoms with Gasteiger partial charge < -0.3 is 10.1 Å². The molecular formula is C19H20N2O2. The molecule has 4 nitrogen and oxygen atoms in total. The Kier molecular flexibility index (Phi) is 5.76. The van der Waals surface area contributed by atoms with E-state index in [-0.39, 0.29) is 18.6 Å². The molecule has 0 unspecified atom stereocenters. The summed E-state index contributed by atoms with van der Waals surface area (Å²) in [5, 5.41) is 11.7. The average molecular weight is 308 g/mol. The minimum Gasteiger partial charge on any atom is -0.484 e. The molecule has 0 aliphatic carbocycles. The highest BCUT2D eigenvalue weighted by Crippen LogP contribution is 2.17. The van der Waals surface area contributed by atoms with Crippen LogP contribution in [0.2, 0.25) is 0 Å². The fraction of sp³-hybridized carbons (Fsp3) is 0.263. The topological polar surface area (TPSA) is 62.1 Å². The van der Waals surface area contributed by atoms with Crippen LogP contribution in [0.15, 0.2) is 48.5 Å². The molecule has 118 valence electrons. The molecule has 0 radical (unpaired) electrons. The first kappa shape index (κ1) is 16.6. The number of carbonyl (C=O) groups excluding carboxylic acids is 1. The van der Waals surface area contributed by atoms with Gasteiger partial charge in [-0.15, -0.1) is 0 Å². The smallest absolute Gasteiger partial charge is 0.258 e. The molecule has 2 aromatic rings.